The number of Topliss-reactive ketones (excluding diaryl/α,β-unsaturated/α-hetero) is 1. The molecule has 23 heavy (non-hydrogen) atoms. The minimum Gasteiger partial charge on any atom is -0.492 e. The molecule has 0 saturated carbocycles. The number of hydrogen-bond donors (Lipinski definition) is 0. The van der Waals surface area contributed by atoms with Crippen LogP contribution in [0.1, 0.15) is 27.9 Å². The highest BCUT2D eigenvalue weighted by Gasteiger charge is 2.34. The van der Waals surface area contributed by atoms with Crippen molar-refractivity contribution in [2.45, 2.75) is 19.3 Å². The van der Waals surface area contributed by atoms with Crippen LogP contribution in [-0.2, 0) is 12.8 Å². The zero-order chi connectivity index (χ0) is 15.6. The van der Waals surface area contributed by atoms with E-state index in [-0.39, 0.29) is 5.78 Å². The maximum absolute atomic E-state index is 12.4. The second-order valence-electron chi connectivity index (χ2n) is 5.84. The predicted molar refractivity (Wildman–Crippen MR) is 88.4 cm³/mol. The van der Waals surface area contributed by atoms with Crippen LogP contribution in [0, 0.1) is 0 Å². The van der Waals surface area contributed by atoms with Gasteiger partial charge in [-0.15, -0.1) is 5.10 Å². The summed E-state index contributed by atoms with van der Waals surface area (Å²) >= 11 is 3.69. The average Bonchev–Trinajstić information content (AvgIpc) is 3.26. The summed E-state index contributed by atoms with van der Waals surface area (Å²) in [5, 5.41) is 8.56. The van der Waals surface area contributed by atoms with Gasteiger partial charge in [0.2, 0.25) is 0 Å². The highest BCUT2D eigenvalue weighted by molar-refractivity contribution is 9.10. The summed E-state index contributed by atoms with van der Waals surface area (Å²) in [5.74, 6) is 0.994. The first-order valence-electron chi connectivity index (χ1n) is 7.59. The van der Waals surface area contributed by atoms with Gasteiger partial charge in [0.25, 0.3) is 0 Å². The highest BCUT2D eigenvalue weighted by Crippen LogP contribution is 2.46. The van der Waals surface area contributed by atoms with Crippen LogP contribution in [0.4, 0.5) is 0 Å². The summed E-state index contributed by atoms with van der Waals surface area (Å²) in [4.78, 5) is 12.4. The van der Waals surface area contributed by atoms with E-state index in [9.17, 15) is 4.79 Å². The van der Waals surface area contributed by atoms with E-state index in [2.05, 4.69) is 26.2 Å². The van der Waals surface area contributed by atoms with Gasteiger partial charge in [0.1, 0.15) is 11.3 Å². The number of ketones is 1. The van der Waals surface area contributed by atoms with E-state index in [4.69, 9.17) is 4.74 Å². The number of aromatic nitrogens is 3. The largest absolute Gasteiger partial charge is 0.492 e. The summed E-state index contributed by atoms with van der Waals surface area (Å²) in [7, 11) is 0. The lowest BCUT2D eigenvalue weighted by molar-refractivity contribution is 0.0994. The number of halogens is 1. The summed E-state index contributed by atoms with van der Waals surface area (Å²) in [6, 6.07) is 7.82. The smallest absolute Gasteiger partial charge is 0.163 e. The van der Waals surface area contributed by atoms with Crippen LogP contribution in [-0.4, -0.2) is 27.4 Å². The molecule has 5 nitrogen and oxygen atoms in total. The van der Waals surface area contributed by atoms with Crippen molar-refractivity contribution in [2.24, 2.45) is 0 Å². The molecule has 2 aromatic carbocycles. The van der Waals surface area contributed by atoms with Gasteiger partial charge in [0, 0.05) is 24.0 Å². The Kier molecular flexibility index (Phi) is 2.68. The quantitative estimate of drug-likeness (QED) is 0.660. The first kappa shape index (κ1) is 13.2. The number of para-hydroxylation sites is 1. The van der Waals surface area contributed by atoms with E-state index < -0.39 is 0 Å². The molecule has 5 rings (SSSR count). The van der Waals surface area contributed by atoms with E-state index in [1.807, 2.05) is 28.9 Å². The molecular formula is C17H12BrN3O2. The van der Waals surface area contributed by atoms with E-state index >= 15 is 0 Å². The van der Waals surface area contributed by atoms with Crippen molar-refractivity contribution in [3.63, 3.8) is 0 Å². The van der Waals surface area contributed by atoms with Crippen LogP contribution in [0.25, 0.3) is 16.7 Å². The van der Waals surface area contributed by atoms with Crippen molar-refractivity contribution in [2.75, 3.05) is 6.61 Å². The molecule has 114 valence electrons. The molecule has 3 aromatic rings. The van der Waals surface area contributed by atoms with Crippen LogP contribution in [0.5, 0.6) is 5.75 Å². The second-order valence-corrected chi connectivity index (χ2v) is 6.63. The first-order chi connectivity index (χ1) is 11.3. The lowest BCUT2D eigenvalue weighted by atomic mass is 9.99. The zero-order valence-corrected chi connectivity index (χ0v) is 13.8. The number of fused-ring (bicyclic) bond motifs is 4. The van der Waals surface area contributed by atoms with Crippen LogP contribution in [0.15, 0.2) is 28.7 Å². The fourth-order valence-electron chi connectivity index (χ4n) is 3.63. The highest BCUT2D eigenvalue weighted by atomic mass is 79.9. The molecule has 0 atom stereocenters. The summed E-state index contributed by atoms with van der Waals surface area (Å²) in [5.41, 5.74) is 5.59. The molecule has 0 N–H and O–H groups in total. The monoisotopic (exact) mass is 369 g/mol. The van der Waals surface area contributed by atoms with Crippen molar-refractivity contribution in [3.8, 4) is 11.4 Å². The SMILES string of the molecule is O=C1CCc2c1c1c(c(Br)c2-n2nnc3ccccc32)OCC1. The zero-order valence-electron chi connectivity index (χ0n) is 12.2. The number of benzene rings is 2. The Labute approximate surface area is 140 Å². The van der Waals surface area contributed by atoms with Gasteiger partial charge in [0.15, 0.2) is 5.78 Å². The third-order valence-electron chi connectivity index (χ3n) is 4.61. The Balaban J connectivity index is 1.90. The van der Waals surface area contributed by atoms with Crippen molar-refractivity contribution in [1.82, 2.24) is 15.0 Å². The van der Waals surface area contributed by atoms with Crippen molar-refractivity contribution >= 4 is 32.7 Å². The van der Waals surface area contributed by atoms with Crippen molar-refractivity contribution in [1.29, 1.82) is 0 Å². The molecule has 1 aliphatic heterocycles. The first-order valence-corrected chi connectivity index (χ1v) is 8.39. The standard InChI is InChI=1S/C17H12BrN3O2/c18-15-16(21-12-4-2-1-3-11(12)19-20-21)9-5-6-13(22)14(9)10-7-8-23-17(10)15/h1-4H,5-8H2. The lowest BCUT2D eigenvalue weighted by Crippen LogP contribution is -2.06. The van der Waals surface area contributed by atoms with Crippen molar-refractivity contribution in [3.05, 3.63) is 45.4 Å². The van der Waals surface area contributed by atoms with E-state index in [1.165, 1.54) is 0 Å². The number of nitrogens with zero attached hydrogens (tertiary/aromatic N) is 3. The molecule has 0 unspecified atom stereocenters. The van der Waals surface area contributed by atoms with Gasteiger partial charge in [-0.05, 0) is 40.0 Å². The Bertz CT molecular complexity index is 993. The topological polar surface area (TPSA) is 57.0 Å². The van der Waals surface area contributed by atoms with E-state index in [1.54, 1.807) is 0 Å². The van der Waals surface area contributed by atoms with Gasteiger partial charge in [-0.2, -0.15) is 0 Å². The number of ether oxygens (including phenoxy) is 1. The normalized spacial score (nSPS) is 15.8. The molecule has 1 aliphatic carbocycles. The molecular weight excluding hydrogens is 358 g/mol. The lowest BCUT2D eigenvalue weighted by Gasteiger charge is -2.15. The second kappa shape index (κ2) is 4.64. The van der Waals surface area contributed by atoms with Crippen LogP contribution in [0.3, 0.4) is 0 Å². The maximum Gasteiger partial charge on any atom is 0.163 e. The minimum atomic E-state index is 0.208. The van der Waals surface area contributed by atoms with Crippen LogP contribution >= 0.6 is 15.9 Å². The Morgan fingerprint density at radius 3 is 2.91 bits per heavy atom. The maximum atomic E-state index is 12.4. The predicted octanol–water partition coefficient (Wildman–Crippen LogP) is 3.25. The van der Waals surface area contributed by atoms with E-state index in [0.29, 0.717) is 13.0 Å². The Morgan fingerprint density at radius 2 is 2.00 bits per heavy atom. The third-order valence-corrected chi connectivity index (χ3v) is 5.35. The molecule has 2 aliphatic rings. The number of carbonyl (C=O) groups is 1. The molecule has 1 aromatic heterocycles. The molecule has 0 fully saturated rings. The van der Waals surface area contributed by atoms with Gasteiger partial charge in [-0.25, -0.2) is 4.68 Å². The van der Waals surface area contributed by atoms with Crippen molar-refractivity contribution < 1.29 is 9.53 Å². The van der Waals surface area contributed by atoms with Gasteiger partial charge in [-0.1, -0.05) is 17.3 Å². The summed E-state index contributed by atoms with van der Waals surface area (Å²) in [6.07, 6.45) is 2.09. The molecule has 0 spiro atoms. The van der Waals surface area contributed by atoms with E-state index in [0.717, 1.165) is 56.5 Å². The van der Waals surface area contributed by atoms with Gasteiger partial charge in [-0.3, -0.25) is 4.79 Å². The average molecular weight is 370 g/mol. The molecule has 0 radical (unpaired) electrons. The Morgan fingerprint density at radius 1 is 1.13 bits per heavy atom. The molecule has 0 bridgehead atoms. The third kappa shape index (κ3) is 1.69. The van der Waals surface area contributed by atoms with Crippen LogP contribution < -0.4 is 4.74 Å². The Hall–Kier alpha value is -2.21. The molecule has 6 heteroatoms. The summed E-state index contributed by atoms with van der Waals surface area (Å²) < 4.78 is 8.48. The number of hydrogen-bond acceptors (Lipinski definition) is 4. The van der Waals surface area contributed by atoms with Gasteiger partial charge >= 0.3 is 0 Å². The fourth-order valence-corrected chi connectivity index (χ4v) is 4.39. The molecule has 0 amide bonds. The van der Waals surface area contributed by atoms with Crippen LogP contribution in [0.2, 0.25) is 0 Å². The number of rotatable bonds is 1. The minimum absolute atomic E-state index is 0.208. The fraction of sp³-hybridized carbons (Fsp3) is 0.235. The van der Waals surface area contributed by atoms with Gasteiger partial charge < -0.3 is 4.74 Å². The number of carbonyl (C=O) groups excluding carboxylic acids is 1. The molecule has 2 heterocycles. The van der Waals surface area contributed by atoms with Gasteiger partial charge in [0.05, 0.1) is 22.3 Å². The summed E-state index contributed by atoms with van der Waals surface area (Å²) in [6.45, 7) is 0.620. The molecule has 0 saturated heterocycles.